The largest absolute Gasteiger partial charge is 0.390 e. The van der Waals surface area contributed by atoms with Crippen molar-refractivity contribution in [2.24, 2.45) is 0 Å². The quantitative estimate of drug-likeness (QED) is 0.484. The highest BCUT2D eigenvalue weighted by molar-refractivity contribution is 4.53. The first kappa shape index (κ1) is 9.68. The Morgan fingerprint density at radius 2 is 1.70 bits per heavy atom. The molecule has 0 aliphatic rings. The monoisotopic (exact) mass is 159 g/mol. The lowest BCUT2D eigenvalue weighted by molar-refractivity contribution is -0.133. The Hall–Kier alpha value is -0.320. The van der Waals surface area contributed by atoms with Crippen molar-refractivity contribution in [2.45, 2.75) is 12.6 Å². The lowest BCUT2D eigenvalue weighted by atomic mass is 10.4. The van der Waals surface area contributed by atoms with Crippen LogP contribution in [0.5, 0.6) is 0 Å². The molecule has 1 nitrogen and oxygen atoms in total. The van der Waals surface area contributed by atoms with Crippen LogP contribution in [-0.4, -0.2) is 25.9 Å². The normalized spacial score (nSPS) is 12.0. The predicted molar refractivity (Wildman–Crippen MR) is 29.5 cm³/mol. The van der Waals surface area contributed by atoms with E-state index in [1.54, 1.807) is 0 Å². The highest BCUT2D eigenvalue weighted by atomic mass is 19.4. The van der Waals surface area contributed by atoms with Crippen LogP contribution < -0.4 is 5.32 Å². The second-order valence-electron chi connectivity index (χ2n) is 1.80. The van der Waals surface area contributed by atoms with Crippen LogP contribution in [-0.2, 0) is 0 Å². The standard InChI is InChI=1S/C5H9F4N/c6-2-4-10-3-1-5(7,8)9/h10H,1-4H2. The van der Waals surface area contributed by atoms with Crippen LogP contribution in [0.3, 0.4) is 0 Å². The third kappa shape index (κ3) is 7.68. The fourth-order valence-corrected chi connectivity index (χ4v) is 0.422. The summed E-state index contributed by atoms with van der Waals surface area (Å²) in [4.78, 5) is 0. The molecule has 0 spiro atoms. The summed E-state index contributed by atoms with van der Waals surface area (Å²) in [5.41, 5.74) is 0. The van der Waals surface area contributed by atoms with Gasteiger partial charge in [0.25, 0.3) is 0 Å². The van der Waals surface area contributed by atoms with Crippen molar-refractivity contribution in [1.29, 1.82) is 0 Å². The molecule has 0 aliphatic carbocycles. The summed E-state index contributed by atoms with van der Waals surface area (Å²) in [5, 5.41) is 2.30. The molecule has 0 bridgehead atoms. The van der Waals surface area contributed by atoms with Gasteiger partial charge in [-0.3, -0.25) is 0 Å². The zero-order chi connectivity index (χ0) is 8.04. The highest BCUT2D eigenvalue weighted by Gasteiger charge is 2.25. The van der Waals surface area contributed by atoms with Crippen molar-refractivity contribution in [3.8, 4) is 0 Å². The molecule has 0 aromatic rings. The van der Waals surface area contributed by atoms with Gasteiger partial charge in [0.05, 0.1) is 6.42 Å². The molecular weight excluding hydrogens is 150 g/mol. The van der Waals surface area contributed by atoms with Crippen molar-refractivity contribution < 1.29 is 17.6 Å². The number of rotatable bonds is 4. The number of hydrogen-bond donors (Lipinski definition) is 1. The van der Waals surface area contributed by atoms with Crippen LogP contribution in [0.25, 0.3) is 0 Å². The molecule has 0 saturated heterocycles. The van der Waals surface area contributed by atoms with Gasteiger partial charge in [-0.2, -0.15) is 13.2 Å². The van der Waals surface area contributed by atoms with Crippen LogP contribution in [0.2, 0.25) is 0 Å². The molecule has 0 fully saturated rings. The van der Waals surface area contributed by atoms with E-state index in [4.69, 9.17) is 0 Å². The first-order valence-electron chi connectivity index (χ1n) is 2.89. The van der Waals surface area contributed by atoms with E-state index in [0.29, 0.717) is 0 Å². The van der Waals surface area contributed by atoms with Gasteiger partial charge >= 0.3 is 6.18 Å². The predicted octanol–water partition coefficient (Wildman–Crippen LogP) is 1.50. The summed E-state index contributed by atoms with van der Waals surface area (Å²) in [6.45, 7) is -0.832. The maximum Gasteiger partial charge on any atom is 0.390 e. The summed E-state index contributed by atoms with van der Waals surface area (Å²) in [7, 11) is 0. The Morgan fingerprint density at radius 3 is 2.10 bits per heavy atom. The van der Waals surface area contributed by atoms with Gasteiger partial charge in [0.15, 0.2) is 0 Å². The SMILES string of the molecule is FCCNCCC(F)(F)F. The van der Waals surface area contributed by atoms with E-state index in [-0.39, 0.29) is 13.1 Å². The third-order valence-corrected chi connectivity index (χ3v) is 0.857. The molecule has 10 heavy (non-hydrogen) atoms. The Balaban J connectivity index is 3.04. The summed E-state index contributed by atoms with van der Waals surface area (Å²) >= 11 is 0. The zero-order valence-corrected chi connectivity index (χ0v) is 5.34. The Morgan fingerprint density at radius 1 is 1.10 bits per heavy atom. The lowest BCUT2D eigenvalue weighted by Crippen LogP contribution is -2.23. The topological polar surface area (TPSA) is 12.0 Å². The molecule has 0 rings (SSSR count). The van der Waals surface area contributed by atoms with Crippen LogP contribution in [0.15, 0.2) is 0 Å². The molecule has 0 aromatic carbocycles. The second-order valence-corrected chi connectivity index (χ2v) is 1.80. The van der Waals surface area contributed by atoms with Crippen LogP contribution in [0.1, 0.15) is 6.42 Å². The van der Waals surface area contributed by atoms with E-state index < -0.39 is 19.3 Å². The van der Waals surface area contributed by atoms with Crippen LogP contribution in [0, 0.1) is 0 Å². The zero-order valence-electron chi connectivity index (χ0n) is 5.34. The number of nitrogens with one attached hydrogen (secondary N) is 1. The van der Waals surface area contributed by atoms with Gasteiger partial charge in [0, 0.05) is 13.1 Å². The van der Waals surface area contributed by atoms with Crippen molar-refractivity contribution in [1.82, 2.24) is 5.32 Å². The molecule has 0 saturated carbocycles. The van der Waals surface area contributed by atoms with E-state index in [9.17, 15) is 17.6 Å². The first-order valence-corrected chi connectivity index (χ1v) is 2.89. The average Bonchev–Trinajstić information content (AvgIpc) is 1.78. The van der Waals surface area contributed by atoms with Gasteiger partial charge in [-0.15, -0.1) is 0 Å². The second kappa shape index (κ2) is 4.49. The molecule has 62 valence electrons. The molecule has 0 heterocycles. The van der Waals surface area contributed by atoms with E-state index in [0.717, 1.165) is 0 Å². The van der Waals surface area contributed by atoms with Crippen molar-refractivity contribution in [3.05, 3.63) is 0 Å². The van der Waals surface area contributed by atoms with Gasteiger partial charge in [-0.25, -0.2) is 4.39 Å². The minimum Gasteiger partial charge on any atom is -0.314 e. The fourth-order valence-electron chi connectivity index (χ4n) is 0.422. The van der Waals surface area contributed by atoms with Crippen LogP contribution >= 0.6 is 0 Å². The molecule has 5 heteroatoms. The maximum absolute atomic E-state index is 11.3. The van der Waals surface area contributed by atoms with E-state index in [1.807, 2.05) is 0 Å². The third-order valence-electron chi connectivity index (χ3n) is 0.857. The maximum atomic E-state index is 11.3. The van der Waals surface area contributed by atoms with Crippen molar-refractivity contribution in [2.75, 3.05) is 19.8 Å². The Bertz CT molecular complexity index is 80.2. The first-order chi connectivity index (χ1) is 4.56. The summed E-state index contributed by atoms with van der Waals surface area (Å²) in [6.07, 6.45) is -5.03. The average molecular weight is 159 g/mol. The van der Waals surface area contributed by atoms with E-state index >= 15 is 0 Å². The molecule has 0 unspecified atom stereocenters. The smallest absolute Gasteiger partial charge is 0.314 e. The summed E-state index contributed by atoms with van der Waals surface area (Å²) in [6, 6.07) is 0. The van der Waals surface area contributed by atoms with Crippen LogP contribution in [0.4, 0.5) is 17.6 Å². The van der Waals surface area contributed by atoms with Gasteiger partial charge in [-0.05, 0) is 0 Å². The van der Waals surface area contributed by atoms with Gasteiger partial charge < -0.3 is 5.32 Å². The number of hydrogen-bond acceptors (Lipinski definition) is 1. The van der Waals surface area contributed by atoms with Crippen molar-refractivity contribution in [3.63, 3.8) is 0 Å². The van der Waals surface area contributed by atoms with Gasteiger partial charge in [0.1, 0.15) is 6.67 Å². The fraction of sp³-hybridized carbons (Fsp3) is 1.00. The van der Waals surface area contributed by atoms with Crippen molar-refractivity contribution >= 4 is 0 Å². The molecule has 1 N–H and O–H groups in total. The van der Waals surface area contributed by atoms with E-state index in [1.165, 1.54) is 0 Å². The Kier molecular flexibility index (Phi) is 4.34. The Labute approximate surface area is 56.4 Å². The molecule has 0 aromatic heterocycles. The minimum atomic E-state index is -4.14. The van der Waals surface area contributed by atoms with Gasteiger partial charge in [0.2, 0.25) is 0 Å². The highest BCUT2D eigenvalue weighted by Crippen LogP contribution is 2.17. The molecular formula is C5H9F4N. The summed E-state index contributed by atoms with van der Waals surface area (Å²) < 4.78 is 45.3. The van der Waals surface area contributed by atoms with Gasteiger partial charge in [-0.1, -0.05) is 0 Å². The molecule has 0 aliphatic heterocycles. The number of halogens is 4. The molecule has 0 amide bonds. The van der Waals surface area contributed by atoms with E-state index in [2.05, 4.69) is 5.32 Å². The summed E-state index contributed by atoms with van der Waals surface area (Å²) in [5.74, 6) is 0. The number of alkyl halides is 4. The molecule has 0 atom stereocenters. The molecule has 0 radical (unpaired) electrons. The minimum absolute atomic E-state index is 0.00389. The lowest BCUT2D eigenvalue weighted by Gasteiger charge is -2.05.